The van der Waals surface area contributed by atoms with E-state index < -0.39 is 38.7 Å². The van der Waals surface area contributed by atoms with Gasteiger partial charge in [0.25, 0.3) is 0 Å². The maximum atomic E-state index is 13.4. The number of aliphatic hydroxyl groups is 1. The number of rotatable bonds is 15. The highest BCUT2D eigenvalue weighted by molar-refractivity contribution is 7.46. The highest BCUT2D eigenvalue weighted by Gasteiger charge is 2.43. The first-order valence-corrected chi connectivity index (χ1v) is 19.8. The molecule has 0 radical (unpaired) electrons. The fourth-order valence-electron chi connectivity index (χ4n) is 6.62. The van der Waals surface area contributed by atoms with Gasteiger partial charge in [-0.15, -0.1) is 0 Å². The Morgan fingerprint density at radius 2 is 1.50 bits per heavy atom. The van der Waals surface area contributed by atoms with Gasteiger partial charge in [0, 0.05) is 45.2 Å². The first-order valence-electron chi connectivity index (χ1n) is 16.8. The lowest BCUT2D eigenvalue weighted by molar-refractivity contribution is -0.113. The summed E-state index contributed by atoms with van der Waals surface area (Å²) in [6.45, 7) is 12.6. The minimum Gasteiger partial charge on any atom is -0.512 e. The van der Waals surface area contributed by atoms with Crippen molar-refractivity contribution in [2.45, 2.75) is 87.7 Å². The van der Waals surface area contributed by atoms with Gasteiger partial charge in [-0.3, -0.25) is 33.5 Å². The van der Waals surface area contributed by atoms with E-state index in [0.717, 1.165) is 0 Å². The number of carbonyl (C=O) groups excluding carboxylic acids is 4. The van der Waals surface area contributed by atoms with E-state index in [1.807, 2.05) is 0 Å². The van der Waals surface area contributed by atoms with Gasteiger partial charge in [-0.05, 0) is 119 Å². The zero-order valence-corrected chi connectivity index (χ0v) is 33.3. The molecule has 16 heteroatoms. The molecule has 0 fully saturated rings. The molecule has 3 rings (SSSR count). The summed E-state index contributed by atoms with van der Waals surface area (Å²) in [5.41, 5.74) is -0.0127. The molecule has 2 atom stereocenters. The number of carbonyl (C=O) groups is 4. The molecule has 0 saturated heterocycles. The quantitative estimate of drug-likeness (QED) is 0.0357. The van der Waals surface area contributed by atoms with Crippen LogP contribution < -0.4 is 4.52 Å². The number of phosphoric ester groups is 2. The number of hydrogen-bond donors (Lipinski definition) is 6. The van der Waals surface area contributed by atoms with Crippen molar-refractivity contribution < 1.29 is 67.1 Å². The molecular formula is C38H46O14P2. The van der Waals surface area contributed by atoms with Crippen LogP contribution in [0, 0.1) is 19.3 Å². The number of aliphatic hydroxyl groups excluding tert-OH is 1. The highest BCUT2D eigenvalue weighted by Crippen LogP contribution is 2.50. The van der Waals surface area contributed by atoms with Gasteiger partial charge in [-0.2, -0.15) is 0 Å². The number of ketones is 4. The Kier molecular flexibility index (Phi) is 13.6. The summed E-state index contributed by atoms with van der Waals surface area (Å²) in [6, 6.07) is 4.08. The van der Waals surface area contributed by atoms with Gasteiger partial charge >= 0.3 is 15.6 Å². The number of phosphoric acid groups is 2. The summed E-state index contributed by atoms with van der Waals surface area (Å²) in [5, 5.41) is 22.5. The molecule has 0 saturated carbocycles. The topological polar surface area (TPSA) is 242 Å². The molecule has 2 aromatic carbocycles. The Bertz CT molecular complexity index is 2140. The van der Waals surface area contributed by atoms with Gasteiger partial charge in [0.2, 0.25) is 0 Å². The summed E-state index contributed by atoms with van der Waals surface area (Å²) in [4.78, 5) is 90.3. The molecule has 6 N–H and O–H groups in total. The summed E-state index contributed by atoms with van der Waals surface area (Å²) < 4.78 is 34.2. The number of allylic oxidation sites excluding steroid dienone is 6. The fourth-order valence-corrected chi connectivity index (χ4v) is 7.77. The van der Waals surface area contributed by atoms with Crippen LogP contribution >= 0.6 is 15.6 Å². The maximum Gasteiger partial charge on any atom is 0.524 e. The fraction of sp³-hybridized carbons (Fsp3) is 0.368. The number of phenols is 1. The van der Waals surface area contributed by atoms with E-state index in [1.54, 1.807) is 13.8 Å². The monoisotopic (exact) mass is 788 g/mol. The summed E-state index contributed by atoms with van der Waals surface area (Å²) in [5.74, 6) is -2.72. The van der Waals surface area contributed by atoms with E-state index in [4.69, 9.17) is 9.05 Å². The Hall–Kier alpha value is -4.26. The second kappa shape index (κ2) is 16.6. The Morgan fingerprint density at radius 1 is 0.889 bits per heavy atom. The number of hydrogen-bond acceptors (Lipinski definition) is 10. The van der Waals surface area contributed by atoms with E-state index >= 15 is 0 Å². The van der Waals surface area contributed by atoms with Crippen molar-refractivity contribution in [1.82, 2.24) is 0 Å². The molecule has 0 spiro atoms. The zero-order chi connectivity index (χ0) is 41.2. The molecule has 0 aliphatic heterocycles. The van der Waals surface area contributed by atoms with Crippen LogP contribution in [-0.4, -0.2) is 59.0 Å². The van der Waals surface area contributed by atoms with E-state index in [2.05, 4.69) is 0 Å². The van der Waals surface area contributed by atoms with Crippen molar-refractivity contribution in [2.75, 3.05) is 0 Å². The molecule has 0 amide bonds. The molecular weight excluding hydrogens is 742 g/mol. The minimum atomic E-state index is -5.09. The molecule has 2 aromatic rings. The summed E-state index contributed by atoms with van der Waals surface area (Å²) >= 11 is 0. The highest BCUT2D eigenvalue weighted by atomic mass is 31.2. The lowest BCUT2D eigenvalue weighted by atomic mass is 9.70. The molecule has 2 unspecified atom stereocenters. The number of aryl methyl sites for hydroxylation is 1. The second-order valence-corrected chi connectivity index (χ2v) is 16.1. The third-order valence-electron chi connectivity index (χ3n) is 9.17. The molecule has 292 valence electrons. The number of aromatic hydroxyl groups is 1. The Balaban J connectivity index is 2.31. The molecule has 0 heterocycles. The molecule has 0 bridgehead atoms. The first kappa shape index (κ1) is 44.1. The SMILES string of the molecule is CCC1=CC(C(C)=O)=CC(C)(Cc2cc(C(C)=O)c(/C(=C\C(Cc3cc(C(C)=O)cc(C)c3OP(=O)(O)O)=C(/C)O)C(C)=O)c(C)c2O)C1OP(=O)(O)O. The van der Waals surface area contributed by atoms with Gasteiger partial charge in [-0.1, -0.05) is 19.9 Å². The van der Waals surface area contributed by atoms with Gasteiger partial charge in [0.1, 0.15) is 11.5 Å². The van der Waals surface area contributed by atoms with Crippen LogP contribution in [-0.2, 0) is 36.1 Å². The lowest BCUT2D eigenvalue weighted by Gasteiger charge is -2.40. The standard InChI is InChI=1S/C38H46O14P2/c1-10-26-12-30(23(6)41)17-38(9,37(26)52-54(48,49)50)18-31-16-33(25(8)43)34(20(3)35(31)44)32(24(7)42)15-28(22(5)40)14-29-13-27(21(4)39)11-19(2)36(29)51-53(45,46)47/h11-13,15-17,37,40,44H,10,14,18H2,1-9H3,(H2,45,46,47)(H2,48,49,50)/b28-22+,32-15-. The van der Waals surface area contributed by atoms with E-state index in [1.165, 1.54) is 84.9 Å². The third kappa shape index (κ3) is 10.5. The van der Waals surface area contributed by atoms with Gasteiger partial charge < -0.3 is 24.5 Å². The third-order valence-corrected chi connectivity index (χ3v) is 10.1. The number of Topliss-reactive ketones (excluding diaryl/α,β-unsaturated/α-hetero) is 4. The van der Waals surface area contributed by atoms with Crippen LogP contribution in [0.25, 0.3) is 5.57 Å². The van der Waals surface area contributed by atoms with Gasteiger partial charge in [0.05, 0.1) is 11.9 Å². The normalized spacial score (nSPS) is 18.4. The molecule has 54 heavy (non-hydrogen) atoms. The largest absolute Gasteiger partial charge is 0.524 e. The Labute approximate surface area is 313 Å². The van der Waals surface area contributed by atoms with Gasteiger partial charge in [-0.25, -0.2) is 9.13 Å². The van der Waals surface area contributed by atoms with Crippen molar-refractivity contribution in [3.8, 4) is 11.5 Å². The number of phenolic OH excluding ortho intramolecular Hbond substituents is 1. The average Bonchev–Trinajstić information content (AvgIpc) is 3.02. The van der Waals surface area contributed by atoms with Crippen molar-refractivity contribution in [3.63, 3.8) is 0 Å². The van der Waals surface area contributed by atoms with Crippen molar-refractivity contribution in [2.24, 2.45) is 5.41 Å². The van der Waals surface area contributed by atoms with Crippen LogP contribution in [0.3, 0.4) is 0 Å². The van der Waals surface area contributed by atoms with Crippen LogP contribution in [0.2, 0.25) is 0 Å². The smallest absolute Gasteiger partial charge is 0.512 e. The van der Waals surface area contributed by atoms with E-state index in [-0.39, 0.29) is 104 Å². The Morgan fingerprint density at radius 3 is 1.96 bits per heavy atom. The van der Waals surface area contributed by atoms with Gasteiger partial charge in [0.15, 0.2) is 23.1 Å². The minimum absolute atomic E-state index is 0.0151. The van der Waals surface area contributed by atoms with E-state index in [9.17, 15) is 58.1 Å². The van der Waals surface area contributed by atoms with Crippen molar-refractivity contribution in [1.29, 1.82) is 0 Å². The van der Waals surface area contributed by atoms with Crippen molar-refractivity contribution >= 4 is 44.4 Å². The van der Waals surface area contributed by atoms with Crippen LogP contribution in [0.5, 0.6) is 11.5 Å². The van der Waals surface area contributed by atoms with Crippen molar-refractivity contribution in [3.05, 3.63) is 97.8 Å². The molecule has 1 aliphatic rings. The maximum absolute atomic E-state index is 13.4. The average molecular weight is 789 g/mol. The second-order valence-electron chi connectivity index (χ2n) is 13.7. The molecule has 1 aliphatic carbocycles. The predicted octanol–water partition coefficient (Wildman–Crippen LogP) is 6.82. The molecule has 14 nitrogen and oxygen atoms in total. The summed E-state index contributed by atoms with van der Waals surface area (Å²) in [7, 11) is -10.2. The summed E-state index contributed by atoms with van der Waals surface area (Å²) in [6.07, 6.45) is 2.86. The van der Waals surface area contributed by atoms with Crippen LogP contribution in [0.4, 0.5) is 0 Å². The number of benzene rings is 2. The van der Waals surface area contributed by atoms with E-state index in [0.29, 0.717) is 5.57 Å². The zero-order valence-electron chi connectivity index (χ0n) is 31.5. The van der Waals surface area contributed by atoms with Crippen LogP contribution in [0.1, 0.15) is 103 Å². The molecule has 0 aromatic heterocycles. The lowest BCUT2D eigenvalue weighted by Crippen LogP contribution is -2.39. The predicted molar refractivity (Wildman–Crippen MR) is 200 cm³/mol. The van der Waals surface area contributed by atoms with Crippen LogP contribution in [0.15, 0.2) is 58.9 Å². The first-order chi connectivity index (χ1) is 24.7.